The Balaban J connectivity index is 1.81. The normalized spacial score (nSPS) is 18.3. The zero-order chi connectivity index (χ0) is 13.2. The van der Waals surface area contributed by atoms with Crippen molar-refractivity contribution in [2.75, 3.05) is 0 Å². The molecule has 3 nitrogen and oxygen atoms in total. The van der Waals surface area contributed by atoms with E-state index in [1.165, 1.54) is 35.4 Å². The van der Waals surface area contributed by atoms with Crippen LogP contribution in [0.4, 0.5) is 0 Å². The molecule has 19 heavy (non-hydrogen) atoms. The summed E-state index contributed by atoms with van der Waals surface area (Å²) in [6.07, 6.45) is 8.32. The predicted molar refractivity (Wildman–Crippen MR) is 77.0 cm³/mol. The number of hydrogen-bond donors (Lipinski definition) is 1. The number of aryl methyl sites for hydroxylation is 2. The minimum Gasteiger partial charge on any atom is -0.348 e. The first kappa shape index (κ1) is 12.4. The minimum atomic E-state index is 0.238. The van der Waals surface area contributed by atoms with E-state index in [1.807, 2.05) is 18.5 Å². The van der Waals surface area contributed by atoms with Crippen molar-refractivity contribution in [2.45, 2.75) is 45.2 Å². The largest absolute Gasteiger partial charge is 0.348 e. The molecule has 0 aromatic carbocycles. The van der Waals surface area contributed by atoms with Crippen LogP contribution in [0.3, 0.4) is 0 Å². The standard InChI is InChI=1S/C16H21N3/c1-12-10-14-15(17)5-2-6-16(14)19(12)9-7-13-4-3-8-18-11-13/h3-4,8,10-11,15H,2,5-7,9,17H2,1H3. The zero-order valence-electron chi connectivity index (χ0n) is 11.5. The fourth-order valence-electron chi connectivity index (χ4n) is 3.10. The summed E-state index contributed by atoms with van der Waals surface area (Å²) in [4.78, 5) is 4.18. The highest BCUT2D eigenvalue weighted by Crippen LogP contribution is 2.30. The molecular weight excluding hydrogens is 234 g/mol. The second-order valence-corrected chi connectivity index (χ2v) is 5.45. The van der Waals surface area contributed by atoms with Crippen molar-refractivity contribution in [1.29, 1.82) is 0 Å². The van der Waals surface area contributed by atoms with Gasteiger partial charge in [0.05, 0.1) is 0 Å². The summed E-state index contributed by atoms with van der Waals surface area (Å²) in [7, 11) is 0. The van der Waals surface area contributed by atoms with Crippen LogP contribution in [-0.2, 0) is 19.4 Å². The number of pyridine rings is 1. The van der Waals surface area contributed by atoms with E-state index < -0.39 is 0 Å². The number of hydrogen-bond acceptors (Lipinski definition) is 2. The molecule has 1 atom stereocenters. The van der Waals surface area contributed by atoms with Crippen LogP contribution < -0.4 is 5.73 Å². The van der Waals surface area contributed by atoms with E-state index in [4.69, 9.17) is 5.73 Å². The SMILES string of the molecule is Cc1cc2c(n1CCc1cccnc1)CCCC2N. The number of nitrogens with zero attached hydrogens (tertiary/aromatic N) is 2. The van der Waals surface area contributed by atoms with Gasteiger partial charge in [-0.1, -0.05) is 6.07 Å². The highest BCUT2D eigenvalue weighted by Gasteiger charge is 2.21. The highest BCUT2D eigenvalue weighted by atomic mass is 15.0. The summed E-state index contributed by atoms with van der Waals surface area (Å²) in [6, 6.07) is 6.66. The van der Waals surface area contributed by atoms with E-state index >= 15 is 0 Å². The molecular formula is C16H21N3. The Hall–Kier alpha value is -1.61. The van der Waals surface area contributed by atoms with Crippen LogP contribution >= 0.6 is 0 Å². The van der Waals surface area contributed by atoms with Crippen molar-refractivity contribution in [1.82, 2.24) is 9.55 Å². The first-order valence-electron chi connectivity index (χ1n) is 7.09. The van der Waals surface area contributed by atoms with Gasteiger partial charge in [-0.2, -0.15) is 0 Å². The molecule has 0 aliphatic heterocycles. The van der Waals surface area contributed by atoms with Crippen LogP contribution in [0.15, 0.2) is 30.6 Å². The van der Waals surface area contributed by atoms with E-state index in [-0.39, 0.29) is 6.04 Å². The number of nitrogens with two attached hydrogens (primary N) is 1. The molecule has 2 heterocycles. The summed E-state index contributed by atoms with van der Waals surface area (Å²) in [5.74, 6) is 0. The molecule has 0 saturated carbocycles. The third-order valence-electron chi connectivity index (χ3n) is 4.12. The van der Waals surface area contributed by atoms with Crippen molar-refractivity contribution >= 4 is 0 Å². The molecule has 2 aromatic heterocycles. The lowest BCUT2D eigenvalue weighted by Crippen LogP contribution is -2.18. The first-order valence-corrected chi connectivity index (χ1v) is 7.09. The van der Waals surface area contributed by atoms with Gasteiger partial charge in [0, 0.05) is 36.4 Å². The van der Waals surface area contributed by atoms with Crippen molar-refractivity contribution < 1.29 is 0 Å². The molecule has 0 saturated heterocycles. The van der Waals surface area contributed by atoms with Crippen molar-refractivity contribution in [3.05, 3.63) is 53.1 Å². The van der Waals surface area contributed by atoms with E-state index in [1.54, 1.807) is 0 Å². The lowest BCUT2D eigenvalue weighted by Gasteiger charge is -2.21. The van der Waals surface area contributed by atoms with Crippen LogP contribution in [0, 0.1) is 6.92 Å². The minimum absolute atomic E-state index is 0.238. The van der Waals surface area contributed by atoms with Gasteiger partial charge in [0.2, 0.25) is 0 Å². The van der Waals surface area contributed by atoms with Crippen LogP contribution in [0.25, 0.3) is 0 Å². The Kier molecular flexibility index (Phi) is 3.38. The topological polar surface area (TPSA) is 43.8 Å². The molecule has 2 N–H and O–H groups in total. The maximum Gasteiger partial charge on any atom is 0.0313 e. The Morgan fingerprint density at radius 3 is 3.16 bits per heavy atom. The number of rotatable bonds is 3. The molecule has 1 unspecified atom stereocenters. The Bertz CT molecular complexity index is 557. The van der Waals surface area contributed by atoms with Gasteiger partial charge in [0.25, 0.3) is 0 Å². The summed E-state index contributed by atoms with van der Waals surface area (Å²) in [5, 5.41) is 0. The van der Waals surface area contributed by atoms with E-state index in [0.717, 1.165) is 19.4 Å². The Morgan fingerprint density at radius 1 is 1.47 bits per heavy atom. The predicted octanol–water partition coefficient (Wildman–Crippen LogP) is 2.77. The molecule has 0 bridgehead atoms. The van der Waals surface area contributed by atoms with Gasteiger partial charge in [0.15, 0.2) is 0 Å². The average Bonchev–Trinajstić information content (AvgIpc) is 2.75. The van der Waals surface area contributed by atoms with Gasteiger partial charge in [-0.3, -0.25) is 4.98 Å². The maximum absolute atomic E-state index is 6.21. The van der Waals surface area contributed by atoms with Crippen molar-refractivity contribution in [3.63, 3.8) is 0 Å². The van der Waals surface area contributed by atoms with Crippen LogP contribution in [0.5, 0.6) is 0 Å². The third kappa shape index (κ3) is 2.43. The smallest absolute Gasteiger partial charge is 0.0313 e. The van der Waals surface area contributed by atoms with Crippen LogP contribution in [0.1, 0.15) is 41.4 Å². The maximum atomic E-state index is 6.21. The zero-order valence-corrected chi connectivity index (χ0v) is 11.5. The third-order valence-corrected chi connectivity index (χ3v) is 4.12. The van der Waals surface area contributed by atoms with E-state index in [9.17, 15) is 0 Å². The average molecular weight is 255 g/mol. The molecule has 3 rings (SSSR count). The fourth-order valence-corrected chi connectivity index (χ4v) is 3.10. The summed E-state index contributed by atoms with van der Waals surface area (Å²) < 4.78 is 2.45. The van der Waals surface area contributed by atoms with Gasteiger partial charge in [-0.25, -0.2) is 0 Å². The molecule has 0 amide bonds. The summed E-state index contributed by atoms with van der Waals surface area (Å²) >= 11 is 0. The van der Waals surface area contributed by atoms with E-state index in [0.29, 0.717) is 0 Å². The summed E-state index contributed by atoms with van der Waals surface area (Å²) in [5.41, 5.74) is 11.7. The Morgan fingerprint density at radius 2 is 2.37 bits per heavy atom. The lowest BCUT2D eigenvalue weighted by atomic mass is 9.93. The Labute approximate surface area is 114 Å². The molecule has 2 aromatic rings. The second-order valence-electron chi connectivity index (χ2n) is 5.45. The van der Waals surface area contributed by atoms with Gasteiger partial charge in [-0.15, -0.1) is 0 Å². The van der Waals surface area contributed by atoms with Crippen LogP contribution in [0.2, 0.25) is 0 Å². The van der Waals surface area contributed by atoms with Crippen molar-refractivity contribution in [2.24, 2.45) is 5.73 Å². The summed E-state index contributed by atoms with van der Waals surface area (Å²) in [6.45, 7) is 3.22. The molecule has 0 radical (unpaired) electrons. The first-order chi connectivity index (χ1) is 9.25. The monoisotopic (exact) mass is 255 g/mol. The molecule has 0 fully saturated rings. The fraction of sp³-hybridized carbons (Fsp3) is 0.438. The van der Waals surface area contributed by atoms with Gasteiger partial charge < -0.3 is 10.3 Å². The van der Waals surface area contributed by atoms with Gasteiger partial charge in [-0.05, 0) is 55.9 Å². The molecule has 1 aliphatic carbocycles. The molecule has 100 valence electrons. The van der Waals surface area contributed by atoms with Crippen molar-refractivity contribution in [3.8, 4) is 0 Å². The molecule has 1 aliphatic rings. The highest BCUT2D eigenvalue weighted by molar-refractivity contribution is 5.32. The lowest BCUT2D eigenvalue weighted by molar-refractivity contribution is 0.536. The van der Waals surface area contributed by atoms with E-state index in [2.05, 4.69) is 28.6 Å². The number of aromatic nitrogens is 2. The quantitative estimate of drug-likeness (QED) is 0.916. The van der Waals surface area contributed by atoms with Crippen LogP contribution in [-0.4, -0.2) is 9.55 Å². The van der Waals surface area contributed by atoms with Gasteiger partial charge >= 0.3 is 0 Å². The van der Waals surface area contributed by atoms with Gasteiger partial charge in [0.1, 0.15) is 0 Å². The molecule has 3 heteroatoms. The molecule has 0 spiro atoms. The number of fused-ring (bicyclic) bond motifs is 1. The second kappa shape index (κ2) is 5.17.